The Balaban J connectivity index is 2.26. The molecule has 2 atom stereocenters. The number of carboxylic acid groups (broad SMARTS) is 1. The Hall–Kier alpha value is -0.820. The van der Waals surface area contributed by atoms with E-state index >= 15 is 0 Å². The minimum atomic E-state index is -4.69. The maximum atomic E-state index is 11.6. The van der Waals surface area contributed by atoms with Gasteiger partial charge in [0.15, 0.2) is 6.10 Å². The van der Waals surface area contributed by atoms with E-state index in [0.29, 0.717) is 0 Å². The first-order valence-electron chi connectivity index (χ1n) is 3.97. The van der Waals surface area contributed by atoms with E-state index in [1.165, 1.54) is 0 Å². The molecule has 1 aliphatic rings. The smallest absolute Gasteiger partial charge is 0.479 e. The lowest BCUT2D eigenvalue weighted by Crippen LogP contribution is -2.25. The first-order chi connectivity index (χ1) is 6.38. The van der Waals surface area contributed by atoms with Gasteiger partial charge < -0.3 is 9.84 Å². The van der Waals surface area contributed by atoms with Gasteiger partial charge in [-0.1, -0.05) is 0 Å². The van der Waals surface area contributed by atoms with Crippen molar-refractivity contribution in [1.29, 1.82) is 0 Å². The average molecular weight is 214 g/mol. The van der Waals surface area contributed by atoms with Crippen molar-refractivity contribution in [2.24, 2.45) is 0 Å². The molecule has 0 aromatic carbocycles. The molecule has 0 bridgehead atoms. The number of rotatable bonds is 3. The quantitative estimate of drug-likeness (QED) is 0.765. The molecule has 0 unspecified atom stereocenters. The highest BCUT2D eigenvalue weighted by Crippen LogP contribution is 2.23. The lowest BCUT2D eigenvalue weighted by molar-refractivity contribution is -0.331. The number of halogens is 3. The molecule has 1 fully saturated rings. The molecule has 0 aromatic rings. The van der Waals surface area contributed by atoms with E-state index in [-0.39, 0.29) is 12.8 Å². The van der Waals surface area contributed by atoms with Gasteiger partial charge in [0.2, 0.25) is 0 Å². The Morgan fingerprint density at radius 2 is 2.14 bits per heavy atom. The van der Waals surface area contributed by atoms with Gasteiger partial charge in [-0.05, 0) is 12.8 Å². The third-order valence-corrected chi connectivity index (χ3v) is 1.82. The second-order valence-corrected chi connectivity index (χ2v) is 2.92. The lowest BCUT2D eigenvalue weighted by Gasteiger charge is -2.12. The van der Waals surface area contributed by atoms with Crippen LogP contribution in [-0.4, -0.2) is 36.3 Å². The Kier molecular flexibility index (Phi) is 3.33. The SMILES string of the molecule is O=C(O)[C@H]1CC[C@@H](COC(F)(F)F)O1. The van der Waals surface area contributed by atoms with Crippen molar-refractivity contribution in [3.63, 3.8) is 0 Å². The number of aliphatic carboxylic acids is 1. The summed E-state index contributed by atoms with van der Waals surface area (Å²) in [5.41, 5.74) is 0. The second kappa shape index (κ2) is 4.14. The van der Waals surface area contributed by atoms with E-state index in [1.807, 2.05) is 0 Å². The summed E-state index contributed by atoms with van der Waals surface area (Å²) in [6.45, 7) is -0.646. The Bertz CT molecular complexity index is 215. The van der Waals surface area contributed by atoms with Gasteiger partial charge >= 0.3 is 12.3 Å². The van der Waals surface area contributed by atoms with Crippen LogP contribution >= 0.6 is 0 Å². The van der Waals surface area contributed by atoms with E-state index in [9.17, 15) is 18.0 Å². The van der Waals surface area contributed by atoms with E-state index < -0.39 is 31.1 Å². The minimum Gasteiger partial charge on any atom is -0.479 e. The number of ether oxygens (including phenoxy) is 2. The predicted molar refractivity (Wildman–Crippen MR) is 37.5 cm³/mol. The Morgan fingerprint density at radius 1 is 1.50 bits per heavy atom. The summed E-state index contributed by atoms with van der Waals surface area (Å²) >= 11 is 0. The number of alkyl halides is 3. The highest BCUT2D eigenvalue weighted by atomic mass is 19.4. The van der Waals surface area contributed by atoms with Crippen molar-refractivity contribution < 1.29 is 32.5 Å². The summed E-state index contributed by atoms with van der Waals surface area (Å²) in [6.07, 6.45) is -5.98. The van der Waals surface area contributed by atoms with Crippen LogP contribution in [0.2, 0.25) is 0 Å². The number of hydrogen-bond acceptors (Lipinski definition) is 3. The summed E-state index contributed by atoms with van der Waals surface area (Å²) < 4.78 is 43.0. The van der Waals surface area contributed by atoms with Crippen LogP contribution in [0.15, 0.2) is 0 Å². The molecule has 0 saturated carbocycles. The molecule has 0 amide bonds. The van der Waals surface area contributed by atoms with Crippen molar-refractivity contribution in [2.75, 3.05) is 6.61 Å². The lowest BCUT2D eigenvalue weighted by atomic mass is 10.2. The number of carbonyl (C=O) groups is 1. The van der Waals surface area contributed by atoms with Gasteiger partial charge in [-0.2, -0.15) is 0 Å². The van der Waals surface area contributed by atoms with E-state index in [4.69, 9.17) is 9.84 Å². The van der Waals surface area contributed by atoms with Crippen LogP contribution in [0, 0.1) is 0 Å². The standard InChI is InChI=1S/C7H9F3O4/c8-7(9,10)13-3-4-1-2-5(14-4)6(11)12/h4-5H,1-3H2,(H,11,12)/t4-,5+/m0/s1. The molecule has 1 rings (SSSR count). The normalized spacial score (nSPS) is 27.9. The first-order valence-corrected chi connectivity index (χ1v) is 3.97. The molecule has 0 aromatic heterocycles. The van der Waals surface area contributed by atoms with Gasteiger partial charge in [0.05, 0.1) is 12.7 Å². The zero-order chi connectivity index (χ0) is 10.8. The first kappa shape index (κ1) is 11.3. The van der Waals surface area contributed by atoms with Crippen LogP contribution in [0.5, 0.6) is 0 Å². The molecular weight excluding hydrogens is 205 g/mol. The van der Waals surface area contributed by atoms with Crippen LogP contribution in [0.25, 0.3) is 0 Å². The molecule has 1 N–H and O–H groups in total. The summed E-state index contributed by atoms with van der Waals surface area (Å²) in [7, 11) is 0. The fraction of sp³-hybridized carbons (Fsp3) is 0.857. The topological polar surface area (TPSA) is 55.8 Å². The van der Waals surface area contributed by atoms with Crippen LogP contribution in [0.4, 0.5) is 13.2 Å². The van der Waals surface area contributed by atoms with Crippen LogP contribution in [0.1, 0.15) is 12.8 Å². The molecule has 1 aliphatic heterocycles. The Labute approximate surface area is 77.6 Å². The molecule has 0 radical (unpaired) electrons. The summed E-state index contributed by atoms with van der Waals surface area (Å²) in [6, 6.07) is 0. The second-order valence-electron chi connectivity index (χ2n) is 2.92. The highest BCUT2D eigenvalue weighted by Gasteiger charge is 2.35. The van der Waals surface area contributed by atoms with Crippen molar-refractivity contribution in [1.82, 2.24) is 0 Å². The fourth-order valence-electron chi connectivity index (χ4n) is 1.20. The van der Waals surface area contributed by atoms with Crippen molar-refractivity contribution >= 4 is 5.97 Å². The van der Waals surface area contributed by atoms with E-state index in [2.05, 4.69) is 4.74 Å². The summed E-state index contributed by atoms with van der Waals surface area (Å²) in [5.74, 6) is -1.15. The molecule has 0 aliphatic carbocycles. The monoisotopic (exact) mass is 214 g/mol. The van der Waals surface area contributed by atoms with Crippen LogP contribution < -0.4 is 0 Å². The van der Waals surface area contributed by atoms with Gasteiger partial charge in [-0.25, -0.2) is 4.79 Å². The summed E-state index contributed by atoms with van der Waals surface area (Å²) in [5, 5.41) is 8.47. The molecule has 4 nitrogen and oxygen atoms in total. The van der Waals surface area contributed by atoms with Gasteiger partial charge in [0, 0.05) is 0 Å². The van der Waals surface area contributed by atoms with Crippen LogP contribution in [-0.2, 0) is 14.3 Å². The molecule has 82 valence electrons. The maximum absolute atomic E-state index is 11.6. The van der Waals surface area contributed by atoms with Crippen molar-refractivity contribution in [2.45, 2.75) is 31.4 Å². The zero-order valence-corrected chi connectivity index (χ0v) is 7.08. The minimum absolute atomic E-state index is 0.223. The van der Waals surface area contributed by atoms with Gasteiger partial charge in [-0.15, -0.1) is 13.2 Å². The van der Waals surface area contributed by atoms with Gasteiger partial charge in [-0.3, -0.25) is 4.74 Å². The van der Waals surface area contributed by atoms with E-state index in [0.717, 1.165) is 0 Å². The van der Waals surface area contributed by atoms with Gasteiger partial charge in [0.1, 0.15) is 0 Å². The fourth-order valence-corrected chi connectivity index (χ4v) is 1.20. The maximum Gasteiger partial charge on any atom is 0.522 e. The largest absolute Gasteiger partial charge is 0.522 e. The Morgan fingerprint density at radius 3 is 2.57 bits per heavy atom. The van der Waals surface area contributed by atoms with E-state index in [1.54, 1.807) is 0 Å². The van der Waals surface area contributed by atoms with Crippen molar-refractivity contribution in [3.8, 4) is 0 Å². The van der Waals surface area contributed by atoms with Crippen molar-refractivity contribution in [3.05, 3.63) is 0 Å². The molecule has 7 heteroatoms. The molecular formula is C7H9F3O4. The molecule has 14 heavy (non-hydrogen) atoms. The molecule has 1 heterocycles. The molecule has 1 saturated heterocycles. The summed E-state index contributed by atoms with van der Waals surface area (Å²) in [4.78, 5) is 10.4. The third kappa shape index (κ3) is 3.51. The third-order valence-electron chi connectivity index (χ3n) is 1.82. The molecule has 0 spiro atoms. The number of hydrogen-bond donors (Lipinski definition) is 1. The highest BCUT2D eigenvalue weighted by molar-refractivity contribution is 5.72. The number of carboxylic acids is 1. The predicted octanol–water partition coefficient (Wildman–Crippen LogP) is 1.15. The zero-order valence-electron chi connectivity index (χ0n) is 7.08. The van der Waals surface area contributed by atoms with Crippen LogP contribution in [0.3, 0.4) is 0 Å². The van der Waals surface area contributed by atoms with Gasteiger partial charge in [0.25, 0.3) is 0 Å². The average Bonchev–Trinajstić information content (AvgIpc) is 2.47.